The minimum absolute atomic E-state index is 0.115. The van der Waals surface area contributed by atoms with Crippen molar-refractivity contribution in [3.05, 3.63) is 12.7 Å². The molecule has 2 N–H and O–H groups in total. The van der Waals surface area contributed by atoms with E-state index in [0.29, 0.717) is 13.1 Å². The van der Waals surface area contributed by atoms with Gasteiger partial charge in [0.05, 0.1) is 12.1 Å². The van der Waals surface area contributed by atoms with E-state index in [1.807, 2.05) is 27.7 Å². The zero-order valence-electron chi connectivity index (χ0n) is 17.1. The molecule has 0 fully saturated rings. The first kappa shape index (κ1) is 23.1. The van der Waals surface area contributed by atoms with Crippen LogP contribution in [0.4, 0.5) is 4.79 Å². The summed E-state index contributed by atoms with van der Waals surface area (Å²) in [7, 11) is -1.92. The van der Waals surface area contributed by atoms with Crippen LogP contribution in [0.15, 0.2) is 12.7 Å². The highest BCUT2D eigenvalue weighted by Crippen LogP contribution is 2.37. The lowest BCUT2D eigenvalue weighted by atomic mass is 10.2. The first-order valence-electron chi connectivity index (χ1n) is 8.68. The lowest BCUT2D eigenvalue weighted by molar-refractivity contribution is 0.0446. The number of nitrogens with one attached hydrogen (secondary N) is 2. The average molecular weight is 359 g/mol. The van der Waals surface area contributed by atoms with Crippen LogP contribution in [0.25, 0.3) is 0 Å². The fraction of sp³-hybridized carbons (Fsp3) is 0.833. The van der Waals surface area contributed by atoms with Gasteiger partial charge >= 0.3 is 6.09 Å². The van der Waals surface area contributed by atoms with Crippen LogP contribution in [-0.2, 0) is 9.16 Å². The monoisotopic (exact) mass is 358 g/mol. The number of carbonyl (C=O) groups is 1. The van der Waals surface area contributed by atoms with E-state index in [0.717, 1.165) is 0 Å². The maximum Gasteiger partial charge on any atom is 0.408 e. The zero-order chi connectivity index (χ0) is 19.2. The van der Waals surface area contributed by atoms with Crippen molar-refractivity contribution in [3.8, 4) is 0 Å². The Labute approximate surface area is 149 Å². The smallest absolute Gasteiger partial charge is 0.408 e. The molecule has 0 aromatic heterocycles. The number of hydrogen-bond donors (Lipinski definition) is 2. The van der Waals surface area contributed by atoms with Crippen LogP contribution in [0.2, 0.25) is 18.1 Å². The maximum absolute atomic E-state index is 12.1. The highest BCUT2D eigenvalue weighted by molar-refractivity contribution is 6.74. The molecule has 142 valence electrons. The summed E-state index contributed by atoms with van der Waals surface area (Å²) >= 11 is 0. The quantitative estimate of drug-likeness (QED) is 0.390. The first-order valence-corrected chi connectivity index (χ1v) is 11.6. The van der Waals surface area contributed by atoms with Crippen LogP contribution in [0, 0.1) is 0 Å². The van der Waals surface area contributed by atoms with Gasteiger partial charge in [-0.1, -0.05) is 26.8 Å². The van der Waals surface area contributed by atoms with Gasteiger partial charge in [0.2, 0.25) is 0 Å². The van der Waals surface area contributed by atoms with Gasteiger partial charge in [-0.2, -0.15) is 0 Å². The Hall–Kier alpha value is -0.853. The molecule has 0 heterocycles. The van der Waals surface area contributed by atoms with Crippen LogP contribution in [0.3, 0.4) is 0 Å². The third-order valence-corrected chi connectivity index (χ3v) is 8.78. The van der Waals surface area contributed by atoms with Gasteiger partial charge in [-0.15, -0.1) is 6.58 Å². The predicted octanol–water partition coefficient (Wildman–Crippen LogP) is 4.07. The van der Waals surface area contributed by atoms with Crippen molar-refractivity contribution in [1.29, 1.82) is 0 Å². The van der Waals surface area contributed by atoms with E-state index < -0.39 is 20.0 Å². The van der Waals surface area contributed by atoms with Gasteiger partial charge in [0.1, 0.15) is 5.60 Å². The Bertz CT molecular complexity index is 411. The number of hydrogen-bond acceptors (Lipinski definition) is 4. The molecule has 0 aliphatic heterocycles. The molecule has 0 unspecified atom stereocenters. The second-order valence-electron chi connectivity index (χ2n) is 8.78. The van der Waals surface area contributed by atoms with Gasteiger partial charge in [0.15, 0.2) is 8.32 Å². The number of alkyl carbamates (subject to hydrolysis) is 1. The normalized spacial score (nSPS) is 15.5. The summed E-state index contributed by atoms with van der Waals surface area (Å²) in [5.74, 6) is 0. The first-order chi connectivity index (χ1) is 10.7. The van der Waals surface area contributed by atoms with Crippen LogP contribution >= 0.6 is 0 Å². The van der Waals surface area contributed by atoms with E-state index in [1.165, 1.54) is 0 Å². The molecule has 1 amide bonds. The van der Waals surface area contributed by atoms with Gasteiger partial charge in [-0.3, -0.25) is 0 Å². The molecule has 0 saturated carbocycles. The standard InChI is InChI=1S/C18H38N2O3Si/c1-11-12-19-13-15(20-16(21)22-17(3,4)5)14(2)23-24(9,10)18(6,7)8/h11,14-15,19H,1,12-13H2,2-10H3,(H,20,21)/t14-,15-/m1/s1. The fourth-order valence-electron chi connectivity index (χ4n) is 1.86. The minimum atomic E-state index is -1.92. The number of ether oxygens (including phenoxy) is 1. The molecular formula is C18H38N2O3Si. The minimum Gasteiger partial charge on any atom is -0.444 e. The van der Waals surface area contributed by atoms with E-state index >= 15 is 0 Å². The van der Waals surface area contributed by atoms with Crippen molar-refractivity contribution < 1.29 is 14.0 Å². The highest BCUT2D eigenvalue weighted by Gasteiger charge is 2.40. The molecule has 0 rings (SSSR count). The SMILES string of the molecule is C=CCNC[C@@H](NC(=O)OC(C)(C)C)[C@@H](C)O[Si](C)(C)C(C)(C)C. The molecule has 0 saturated heterocycles. The summed E-state index contributed by atoms with van der Waals surface area (Å²) in [5, 5.41) is 6.32. The van der Waals surface area contributed by atoms with Crippen molar-refractivity contribution in [3.63, 3.8) is 0 Å². The van der Waals surface area contributed by atoms with E-state index in [1.54, 1.807) is 6.08 Å². The lowest BCUT2D eigenvalue weighted by Gasteiger charge is -2.40. The van der Waals surface area contributed by atoms with Gasteiger partial charge in [-0.25, -0.2) is 4.79 Å². The lowest BCUT2D eigenvalue weighted by Crippen LogP contribution is -2.54. The Morgan fingerprint density at radius 3 is 2.17 bits per heavy atom. The van der Waals surface area contributed by atoms with Crippen molar-refractivity contribution in [1.82, 2.24) is 10.6 Å². The van der Waals surface area contributed by atoms with Gasteiger partial charge in [0.25, 0.3) is 0 Å². The molecule has 6 heteroatoms. The Balaban J connectivity index is 4.98. The van der Waals surface area contributed by atoms with Crippen LogP contribution in [0.1, 0.15) is 48.5 Å². The number of rotatable bonds is 8. The van der Waals surface area contributed by atoms with Gasteiger partial charge in [-0.05, 0) is 45.8 Å². The van der Waals surface area contributed by atoms with Crippen molar-refractivity contribution >= 4 is 14.4 Å². The third-order valence-electron chi connectivity index (χ3n) is 4.21. The molecular weight excluding hydrogens is 320 g/mol. The van der Waals surface area contributed by atoms with Crippen LogP contribution in [-0.4, -0.2) is 45.2 Å². The average Bonchev–Trinajstić information content (AvgIpc) is 2.33. The second-order valence-corrected chi connectivity index (χ2v) is 13.5. The van der Waals surface area contributed by atoms with E-state index in [-0.39, 0.29) is 17.2 Å². The largest absolute Gasteiger partial charge is 0.444 e. The molecule has 0 aliphatic carbocycles. The van der Waals surface area contributed by atoms with E-state index in [9.17, 15) is 4.79 Å². The van der Waals surface area contributed by atoms with Crippen molar-refractivity contribution in [2.45, 2.75) is 84.3 Å². The van der Waals surface area contributed by atoms with E-state index in [2.05, 4.69) is 51.1 Å². The molecule has 5 nitrogen and oxygen atoms in total. The summed E-state index contributed by atoms with van der Waals surface area (Å²) in [4.78, 5) is 12.1. The fourth-order valence-corrected chi connectivity index (χ4v) is 3.31. The van der Waals surface area contributed by atoms with Crippen molar-refractivity contribution in [2.24, 2.45) is 0 Å². The molecule has 0 aliphatic rings. The Morgan fingerprint density at radius 1 is 1.21 bits per heavy atom. The molecule has 0 radical (unpaired) electrons. The second kappa shape index (κ2) is 9.01. The highest BCUT2D eigenvalue weighted by atomic mass is 28.4. The van der Waals surface area contributed by atoms with Crippen LogP contribution < -0.4 is 10.6 Å². The molecule has 24 heavy (non-hydrogen) atoms. The summed E-state index contributed by atoms with van der Waals surface area (Å²) in [6, 6.07) is -0.172. The van der Waals surface area contributed by atoms with Crippen LogP contribution in [0.5, 0.6) is 0 Å². The summed E-state index contributed by atoms with van der Waals surface area (Å²) in [5.41, 5.74) is -0.521. The zero-order valence-corrected chi connectivity index (χ0v) is 18.1. The summed E-state index contributed by atoms with van der Waals surface area (Å²) in [6.45, 7) is 23.6. The Morgan fingerprint density at radius 2 is 1.75 bits per heavy atom. The topological polar surface area (TPSA) is 59.6 Å². The Kier molecular flexibility index (Phi) is 8.69. The van der Waals surface area contributed by atoms with Gasteiger partial charge < -0.3 is 19.8 Å². The molecule has 0 aromatic rings. The third kappa shape index (κ3) is 8.85. The van der Waals surface area contributed by atoms with Crippen molar-refractivity contribution in [2.75, 3.05) is 13.1 Å². The maximum atomic E-state index is 12.1. The van der Waals surface area contributed by atoms with Gasteiger partial charge in [0, 0.05) is 13.1 Å². The molecule has 0 aromatic carbocycles. The molecule has 0 spiro atoms. The molecule has 2 atom stereocenters. The summed E-state index contributed by atoms with van der Waals surface area (Å²) in [6.07, 6.45) is 1.26. The summed E-state index contributed by atoms with van der Waals surface area (Å²) < 4.78 is 11.8. The molecule has 0 bridgehead atoms. The predicted molar refractivity (Wildman–Crippen MR) is 104 cm³/mol. The number of amides is 1. The van der Waals surface area contributed by atoms with E-state index in [4.69, 9.17) is 9.16 Å². The number of carbonyl (C=O) groups excluding carboxylic acids is 1.